The van der Waals surface area contributed by atoms with Crippen LogP contribution in [0.3, 0.4) is 0 Å². The number of ketones is 1. The Morgan fingerprint density at radius 1 is 1.50 bits per heavy atom. The molecule has 4 heteroatoms. The predicted octanol–water partition coefficient (Wildman–Crippen LogP) is 1.31. The molecule has 0 aliphatic heterocycles. The minimum Gasteiger partial charge on any atom is -0.307 e. The van der Waals surface area contributed by atoms with Gasteiger partial charge in [-0.3, -0.25) is 14.6 Å². The van der Waals surface area contributed by atoms with E-state index in [-0.39, 0.29) is 11.3 Å². The van der Waals surface area contributed by atoms with E-state index in [1.165, 1.54) is 17.6 Å². The van der Waals surface area contributed by atoms with Crippen molar-refractivity contribution in [2.24, 2.45) is 12.0 Å². The van der Waals surface area contributed by atoms with E-state index < -0.39 is 0 Å². The lowest BCUT2D eigenvalue weighted by Gasteiger charge is -2.06. The topological polar surface area (TPSA) is 51.4 Å². The highest BCUT2D eigenvalue weighted by atomic mass is 16.1. The van der Waals surface area contributed by atoms with Gasteiger partial charge in [0.1, 0.15) is 5.69 Å². The third-order valence-electron chi connectivity index (χ3n) is 1.89. The molecule has 0 amide bonds. The van der Waals surface area contributed by atoms with Crippen LogP contribution in [-0.4, -0.2) is 16.6 Å². The van der Waals surface area contributed by atoms with E-state index in [1.54, 1.807) is 26.3 Å². The molecule has 74 valence electrons. The molecule has 14 heavy (non-hydrogen) atoms. The summed E-state index contributed by atoms with van der Waals surface area (Å²) in [6.45, 7) is 3.18. The Balaban J connectivity index is 3.53. The summed E-state index contributed by atoms with van der Waals surface area (Å²) in [6.07, 6.45) is 1.59. The molecule has 0 fully saturated rings. The van der Waals surface area contributed by atoms with Crippen LogP contribution in [0.1, 0.15) is 24.3 Å². The average Bonchev–Trinajstić information content (AvgIpc) is 2.11. The van der Waals surface area contributed by atoms with Crippen LogP contribution in [0.2, 0.25) is 0 Å². The molecule has 0 saturated carbocycles. The quantitative estimate of drug-likeness (QED) is 0.524. The first-order valence-corrected chi connectivity index (χ1v) is 4.27. The summed E-state index contributed by atoms with van der Waals surface area (Å²) in [5.41, 5.74) is 0.669. The lowest BCUT2D eigenvalue weighted by atomic mass is 10.2. The summed E-state index contributed by atoms with van der Waals surface area (Å²) >= 11 is 0. The standard InChI is InChI=1S/C10H12N2O2/c1-4-11-8-5-6-9(14)12(3)10(8)7(2)13/h4-6H,1-3H3. The molecule has 0 saturated heterocycles. The molecule has 0 aromatic carbocycles. The van der Waals surface area contributed by atoms with Crippen molar-refractivity contribution < 1.29 is 4.79 Å². The Kier molecular flexibility index (Phi) is 2.96. The fourth-order valence-electron chi connectivity index (χ4n) is 1.28. The number of carbonyl (C=O) groups is 1. The second-order valence-corrected chi connectivity index (χ2v) is 2.91. The number of aromatic nitrogens is 1. The van der Waals surface area contributed by atoms with Gasteiger partial charge in [-0.05, 0) is 13.0 Å². The Bertz CT molecular complexity index is 444. The monoisotopic (exact) mass is 192 g/mol. The predicted molar refractivity (Wildman–Crippen MR) is 55.5 cm³/mol. The van der Waals surface area contributed by atoms with Gasteiger partial charge < -0.3 is 4.57 Å². The van der Waals surface area contributed by atoms with Crippen LogP contribution in [0.4, 0.5) is 5.69 Å². The Hall–Kier alpha value is -1.71. The van der Waals surface area contributed by atoms with Crippen LogP contribution >= 0.6 is 0 Å². The third kappa shape index (κ3) is 1.79. The van der Waals surface area contributed by atoms with Gasteiger partial charge >= 0.3 is 0 Å². The number of aliphatic imine (C=N–C) groups is 1. The maximum Gasteiger partial charge on any atom is 0.250 e. The normalized spacial score (nSPS) is 10.8. The number of nitrogens with zero attached hydrogens (tertiary/aromatic N) is 2. The molecule has 1 aromatic heterocycles. The summed E-state index contributed by atoms with van der Waals surface area (Å²) < 4.78 is 1.31. The van der Waals surface area contributed by atoms with Gasteiger partial charge in [-0.15, -0.1) is 0 Å². The van der Waals surface area contributed by atoms with Gasteiger partial charge in [-0.25, -0.2) is 0 Å². The second-order valence-electron chi connectivity index (χ2n) is 2.91. The highest BCUT2D eigenvalue weighted by Crippen LogP contribution is 2.16. The molecule has 1 heterocycles. The van der Waals surface area contributed by atoms with E-state index in [4.69, 9.17) is 0 Å². The summed E-state index contributed by atoms with van der Waals surface area (Å²) in [6, 6.07) is 2.95. The van der Waals surface area contributed by atoms with Gasteiger partial charge in [0, 0.05) is 26.3 Å². The Morgan fingerprint density at radius 3 is 2.64 bits per heavy atom. The first kappa shape index (κ1) is 10.4. The Morgan fingerprint density at radius 2 is 2.14 bits per heavy atom. The molecule has 0 atom stereocenters. The number of hydrogen-bond donors (Lipinski definition) is 0. The van der Waals surface area contributed by atoms with Crippen LogP contribution in [-0.2, 0) is 7.05 Å². The number of rotatable bonds is 2. The zero-order valence-corrected chi connectivity index (χ0v) is 8.44. The fourth-order valence-corrected chi connectivity index (χ4v) is 1.28. The maximum absolute atomic E-state index is 11.3. The van der Waals surface area contributed by atoms with Gasteiger partial charge in [0.2, 0.25) is 0 Å². The molecule has 0 unspecified atom stereocenters. The fraction of sp³-hybridized carbons (Fsp3) is 0.300. The van der Waals surface area contributed by atoms with Crippen LogP contribution in [0, 0.1) is 0 Å². The van der Waals surface area contributed by atoms with Gasteiger partial charge in [-0.2, -0.15) is 0 Å². The summed E-state index contributed by atoms with van der Waals surface area (Å²) in [5, 5.41) is 0. The SMILES string of the molecule is CC=Nc1ccc(=O)n(C)c1C(C)=O. The average molecular weight is 192 g/mol. The van der Waals surface area contributed by atoms with E-state index in [9.17, 15) is 9.59 Å². The van der Waals surface area contributed by atoms with Crippen molar-refractivity contribution in [2.45, 2.75) is 13.8 Å². The van der Waals surface area contributed by atoms with Crippen molar-refractivity contribution in [3.05, 3.63) is 28.2 Å². The second kappa shape index (κ2) is 4.00. The van der Waals surface area contributed by atoms with E-state index in [0.29, 0.717) is 11.4 Å². The summed E-state index contributed by atoms with van der Waals surface area (Å²) in [5.74, 6) is -0.161. The van der Waals surface area contributed by atoms with Crippen LogP contribution in [0.5, 0.6) is 0 Å². The smallest absolute Gasteiger partial charge is 0.250 e. The molecule has 4 nitrogen and oxygen atoms in total. The van der Waals surface area contributed by atoms with Crippen LogP contribution < -0.4 is 5.56 Å². The largest absolute Gasteiger partial charge is 0.307 e. The van der Waals surface area contributed by atoms with Crippen LogP contribution in [0.25, 0.3) is 0 Å². The van der Waals surface area contributed by atoms with Gasteiger partial charge in [-0.1, -0.05) is 0 Å². The summed E-state index contributed by atoms with van der Waals surface area (Å²) in [7, 11) is 1.56. The summed E-state index contributed by atoms with van der Waals surface area (Å²) in [4.78, 5) is 26.6. The van der Waals surface area contributed by atoms with E-state index in [1.807, 2.05) is 0 Å². The van der Waals surface area contributed by atoms with E-state index in [0.717, 1.165) is 0 Å². The van der Waals surface area contributed by atoms with Crippen molar-refractivity contribution >= 4 is 17.7 Å². The highest BCUT2D eigenvalue weighted by Gasteiger charge is 2.10. The van der Waals surface area contributed by atoms with Crippen molar-refractivity contribution in [1.82, 2.24) is 4.57 Å². The van der Waals surface area contributed by atoms with Gasteiger partial charge in [0.15, 0.2) is 5.78 Å². The molecule has 0 bridgehead atoms. The lowest BCUT2D eigenvalue weighted by molar-refractivity contribution is 0.101. The Labute approximate surface area is 81.9 Å². The van der Waals surface area contributed by atoms with Gasteiger partial charge in [0.05, 0.1) is 5.69 Å². The zero-order valence-electron chi connectivity index (χ0n) is 8.44. The van der Waals surface area contributed by atoms with Gasteiger partial charge in [0.25, 0.3) is 5.56 Å². The number of Topliss-reactive ketones (excluding diaryl/α,β-unsaturated/α-hetero) is 1. The maximum atomic E-state index is 11.3. The number of hydrogen-bond acceptors (Lipinski definition) is 3. The molecule has 0 aliphatic carbocycles. The minimum atomic E-state index is -0.203. The number of carbonyl (C=O) groups excluding carboxylic acids is 1. The van der Waals surface area contributed by atoms with E-state index >= 15 is 0 Å². The molecule has 1 rings (SSSR count). The van der Waals surface area contributed by atoms with Crippen LogP contribution in [0.15, 0.2) is 21.9 Å². The highest BCUT2D eigenvalue weighted by molar-refractivity contribution is 5.97. The molecule has 0 radical (unpaired) electrons. The van der Waals surface area contributed by atoms with Crippen molar-refractivity contribution in [1.29, 1.82) is 0 Å². The molecule has 0 N–H and O–H groups in total. The van der Waals surface area contributed by atoms with Crippen molar-refractivity contribution in [2.75, 3.05) is 0 Å². The minimum absolute atomic E-state index is 0.161. The first-order valence-electron chi connectivity index (χ1n) is 4.27. The molecule has 0 spiro atoms. The van der Waals surface area contributed by atoms with Crippen molar-refractivity contribution in [3.8, 4) is 0 Å². The lowest BCUT2D eigenvalue weighted by Crippen LogP contribution is -2.21. The van der Waals surface area contributed by atoms with Crippen molar-refractivity contribution in [3.63, 3.8) is 0 Å². The van der Waals surface area contributed by atoms with E-state index in [2.05, 4.69) is 4.99 Å². The molecule has 0 aliphatic rings. The number of pyridine rings is 1. The zero-order chi connectivity index (χ0) is 10.7. The molecular weight excluding hydrogens is 180 g/mol. The molecular formula is C10H12N2O2. The molecule has 1 aromatic rings. The third-order valence-corrected chi connectivity index (χ3v) is 1.89. The first-order chi connectivity index (χ1) is 6.57.